The molecule has 7 heteroatoms. The molecule has 0 aliphatic rings. The zero-order chi connectivity index (χ0) is 12.2. The van der Waals surface area contributed by atoms with Crippen molar-refractivity contribution in [2.24, 2.45) is 0 Å². The number of rotatable bonds is 5. The molecule has 90 valence electrons. The molecule has 1 aromatic carbocycles. The second-order valence-electron chi connectivity index (χ2n) is 3.02. The Labute approximate surface area is 103 Å². The van der Waals surface area contributed by atoms with E-state index in [0.29, 0.717) is 0 Å². The van der Waals surface area contributed by atoms with Crippen LogP contribution in [0.25, 0.3) is 0 Å². The lowest BCUT2D eigenvalue weighted by Gasteiger charge is -2.07. The van der Waals surface area contributed by atoms with Gasteiger partial charge in [-0.25, -0.2) is 12.8 Å². The summed E-state index contributed by atoms with van der Waals surface area (Å²) in [5.41, 5.74) is 0. The molecular weight excluding hydrogens is 278 g/mol. The minimum absolute atomic E-state index is 0.106. The fourth-order valence-corrected chi connectivity index (χ4v) is 1.96. The zero-order valence-electron chi connectivity index (χ0n) is 8.12. The van der Waals surface area contributed by atoms with Crippen LogP contribution in [0, 0.1) is 5.82 Å². The summed E-state index contributed by atoms with van der Waals surface area (Å²) in [6, 6.07) is 3.71. The minimum Gasteiger partial charge on any atom is -0.492 e. The molecule has 0 bridgehead atoms. The van der Waals surface area contributed by atoms with Crippen molar-refractivity contribution < 1.29 is 17.5 Å². The van der Waals surface area contributed by atoms with Crippen molar-refractivity contribution in [1.82, 2.24) is 0 Å². The first-order chi connectivity index (χ1) is 7.38. The Bertz CT molecular complexity index is 462. The minimum atomic E-state index is -3.51. The van der Waals surface area contributed by atoms with E-state index in [0.717, 1.165) is 6.07 Å². The van der Waals surface area contributed by atoms with E-state index in [-0.39, 0.29) is 29.6 Å². The van der Waals surface area contributed by atoms with Gasteiger partial charge in [0.15, 0.2) is 0 Å². The zero-order valence-corrected chi connectivity index (χ0v) is 10.4. The maximum absolute atomic E-state index is 12.8. The first kappa shape index (κ1) is 13.5. The van der Waals surface area contributed by atoms with E-state index in [1.807, 2.05) is 0 Å². The van der Waals surface area contributed by atoms with Gasteiger partial charge in [0.25, 0.3) is 0 Å². The first-order valence-corrected chi connectivity index (χ1v) is 7.24. The van der Waals surface area contributed by atoms with Gasteiger partial charge in [0.05, 0.1) is 17.4 Å². The molecule has 1 rings (SSSR count). The Balaban J connectivity index is 2.46. The lowest BCUT2D eigenvalue weighted by Crippen LogP contribution is -2.05. The van der Waals surface area contributed by atoms with Crippen LogP contribution >= 0.6 is 22.3 Å². The molecular formula is C9H9Cl2FO3S. The molecule has 0 heterocycles. The third-order valence-electron chi connectivity index (χ3n) is 1.68. The Hall–Kier alpha value is -0.520. The molecule has 16 heavy (non-hydrogen) atoms. The van der Waals surface area contributed by atoms with Crippen LogP contribution in [-0.2, 0) is 9.05 Å². The summed E-state index contributed by atoms with van der Waals surface area (Å²) in [5.74, 6) is -0.473. The summed E-state index contributed by atoms with van der Waals surface area (Å²) in [7, 11) is 1.49. The van der Waals surface area contributed by atoms with Crippen molar-refractivity contribution in [2.75, 3.05) is 12.4 Å². The van der Waals surface area contributed by atoms with Crippen molar-refractivity contribution in [3.05, 3.63) is 29.0 Å². The predicted octanol–water partition coefficient (Wildman–Crippen LogP) is 2.82. The first-order valence-electron chi connectivity index (χ1n) is 4.39. The Kier molecular flexibility index (Phi) is 4.83. The van der Waals surface area contributed by atoms with E-state index in [4.69, 9.17) is 27.0 Å². The summed E-state index contributed by atoms with van der Waals surface area (Å²) < 4.78 is 39.1. The average Bonchev–Trinajstić information content (AvgIpc) is 2.16. The van der Waals surface area contributed by atoms with Crippen LogP contribution in [0.2, 0.25) is 5.02 Å². The van der Waals surface area contributed by atoms with Crippen molar-refractivity contribution in [1.29, 1.82) is 0 Å². The van der Waals surface area contributed by atoms with Crippen LogP contribution in [-0.4, -0.2) is 20.8 Å². The maximum atomic E-state index is 12.8. The summed E-state index contributed by atoms with van der Waals surface area (Å²) in [5, 5.41) is 0.273. The maximum Gasteiger partial charge on any atom is 0.232 e. The largest absolute Gasteiger partial charge is 0.492 e. The van der Waals surface area contributed by atoms with Gasteiger partial charge >= 0.3 is 0 Å². The number of benzene rings is 1. The van der Waals surface area contributed by atoms with Crippen LogP contribution in [0.1, 0.15) is 6.42 Å². The number of hydrogen-bond donors (Lipinski definition) is 0. The fraction of sp³-hybridized carbons (Fsp3) is 0.333. The highest BCUT2D eigenvalue weighted by Gasteiger charge is 2.06. The Morgan fingerprint density at radius 1 is 1.38 bits per heavy atom. The molecule has 0 atom stereocenters. The monoisotopic (exact) mass is 286 g/mol. The highest BCUT2D eigenvalue weighted by molar-refractivity contribution is 8.13. The lowest BCUT2D eigenvalue weighted by molar-refractivity contribution is 0.316. The van der Waals surface area contributed by atoms with Gasteiger partial charge in [0.2, 0.25) is 9.05 Å². The lowest BCUT2D eigenvalue weighted by atomic mass is 10.3. The molecule has 0 aliphatic carbocycles. The van der Waals surface area contributed by atoms with Gasteiger partial charge in [0.1, 0.15) is 11.6 Å². The molecule has 0 aromatic heterocycles. The van der Waals surface area contributed by atoms with E-state index in [2.05, 4.69) is 0 Å². The van der Waals surface area contributed by atoms with Crippen LogP contribution in [0.5, 0.6) is 5.75 Å². The van der Waals surface area contributed by atoms with E-state index in [1.165, 1.54) is 12.1 Å². The molecule has 0 fully saturated rings. The number of halogens is 3. The smallest absolute Gasteiger partial charge is 0.232 e. The second kappa shape index (κ2) is 5.70. The molecule has 0 aliphatic heterocycles. The van der Waals surface area contributed by atoms with E-state index >= 15 is 0 Å². The van der Waals surface area contributed by atoms with E-state index in [9.17, 15) is 12.8 Å². The van der Waals surface area contributed by atoms with Gasteiger partial charge in [-0.1, -0.05) is 11.6 Å². The van der Waals surface area contributed by atoms with Gasteiger partial charge in [0, 0.05) is 16.7 Å². The van der Waals surface area contributed by atoms with Crippen LogP contribution in [0.3, 0.4) is 0 Å². The topological polar surface area (TPSA) is 43.4 Å². The molecule has 3 nitrogen and oxygen atoms in total. The van der Waals surface area contributed by atoms with Crippen molar-refractivity contribution in [3.63, 3.8) is 0 Å². The van der Waals surface area contributed by atoms with Gasteiger partial charge < -0.3 is 4.74 Å². The SMILES string of the molecule is O=S(=O)(Cl)CCCOc1cc(F)ccc1Cl. The molecule has 1 aromatic rings. The molecule has 0 saturated heterocycles. The van der Waals surface area contributed by atoms with Gasteiger partial charge in [-0.15, -0.1) is 0 Å². The highest BCUT2D eigenvalue weighted by Crippen LogP contribution is 2.24. The van der Waals surface area contributed by atoms with E-state index < -0.39 is 14.9 Å². The fourth-order valence-electron chi connectivity index (χ4n) is 1.00. The van der Waals surface area contributed by atoms with Crippen LogP contribution < -0.4 is 4.74 Å². The Morgan fingerprint density at radius 2 is 2.06 bits per heavy atom. The third kappa shape index (κ3) is 5.01. The summed E-state index contributed by atoms with van der Waals surface area (Å²) in [4.78, 5) is 0. The summed E-state index contributed by atoms with van der Waals surface area (Å²) in [6.45, 7) is 0.106. The quantitative estimate of drug-likeness (QED) is 0.618. The van der Waals surface area contributed by atoms with Crippen molar-refractivity contribution in [3.8, 4) is 5.75 Å². The summed E-state index contributed by atoms with van der Waals surface area (Å²) >= 11 is 5.73. The molecule has 0 saturated carbocycles. The average molecular weight is 287 g/mol. The Morgan fingerprint density at radius 3 is 2.69 bits per heavy atom. The van der Waals surface area contributed by atoms with Crippen LogP contribution in [0.15, 0.2) is 18.2 Å². The van der Waals surface area contributed by atoms with Gasteiger partial charge in [-0.2, -0.15) is 0 Å². The molecule has 0 N–H and O–H groups in total. The normalized spacial score (nSPS) is 11.4. The standard InChI is InChI=1S/C9H9Cl2FO3S/c10-8-3-2-7(12)6-9(8)15-4-1-5-16(11,13)14/h2-3,6H,1,4-5H2. The summed E-state index contributed by atoms with van der Waals surface area (Å²) in [6.07, 6.45) is 0.221. The van der Waals surface area contributed by atoms with Crippen LogP contribution in [0.4, 0.5) is 4.39 Å². The van der Waals surface area contributed by atoms with E-state index in [1.54, 1.807) is 0 Å². The van der Waals surface area contributed by atoms with Crippen molar-refractivity contribution in [2.45, 2.75) is 6.42 Å². The third-order valence-corrected chi connectivity index (χ3v) is 3.23. The predicted molar refractivity (Wildman–Crippen MR) is 61.2 cm³/mol. The number of ether oxygens (including phenoxy) is 1. The van der Waals surface area contributed by atoms with Gasteiger partial charge in [-0.3, -0.25) is 0 Å². The number of hydrogen-bond acceptors (Lipinski definition) is 3. The molecule has 0 spiro atoms. The molecule has 0 amide bonds. The van der Waals surface area contributed by atoms with Crippen molar-refractivity contribution >= 4 is 31.3 Å². The molecule has 0 radical (unpaired) electrons. The highest BCUT2D eigenvalue weighted by atomic mass is 35.7. The second-order valence-corrected chi connectivity index (χ2v) is 6.32. The van der Waals surface area contributed by atoms with Gasteiger partial charge in [-0.05, 0) is 18.6 Å². The molecule has 0 unspecified atom stereocenters.